The summed E-state index contributed by atoms with van der Waals surface area (Å²) < 4.78 is 181. The van der Waals surface area contributed by atoms with Crippen molar-refractivity contribution in [3.05, 3.63) is 68.2 Å². The van der Waals surface area contributed by atoms with Crippen molar-refractivity contribution >= 4 is 35.2 Å². The van der Waals surface area contributed by atoms with E-state index in [0.717, 1.165) is 0 Å². The summed E-state index contributed by atoms with van der Waals surface area (Å²) in [6.07, 6.45) is -28.1. The molecule has 0 spiro atoms. The topological polar surface area (TPSA) is 538 Å². The fraction of sp³-hybridized carbons (Fsp3) is 0.815. The summed E-state index contributed by atoms with van der Waals surface area (Å²) >= 11 is 0. The molecule has 732 valence electrons. The van der Waals surface area contributed by atoms with Gasteiger partial charge < -0.3 is 175 Å². The fourth-order valence-electron chi connectivity index (χ4n) is 17.1. The third-order valence-corrected chi connectivity index (χ3v) is 23.6. The van der Waals surface area contributed by atoms with Crippen LogP contribution in [0.4, 0.5) is 17.5 Å². The zero-order valence-corrected chi connectivity index (χ0v) is 75.6. The number of methoxy groups -OCH3 is 15. The number of anilines is 3. The van der Waals surface area contributed by atoms with Crippen LogP contribution in [0.1, 0.15) is 77.0 Å². The molecular formula is C81H132N12O36. The Hall–Kier alpha value is -7.23. The Kier molecular flexibility index (Phi) is 42.2. The lowest BCUT2D eigenvalue weighted by Gasteiger charge is -2.53. The highest BCUT2D eigenvalue weighted by Gasteiger charge is 2.62. The van der Waals surface area contributed by atoms with Crippen LogP contribution >= 0.6 is 0 Å². The maximum atomic E-state index is 14.2. The van der Waals surface area contributed by atoms with Crippen LogP contribution in [0.3, 0.4) is 0 Å². The zero-order valence-electron chi connectivity index (χ0n) is 75.6. The first kappa shape index (κ1) is 104. The lowest BCUT2D eigenvalue weighted by molar-refractivity contribution is -0.407. The Morgan fingerprint density at radius 3 is 0.690 bits per heavy atom. The number of carbonyl (C=O) groups is 3. The van der Waals surface area contributed by atoms with Crippen molar-refractivity contribution in [2.45, 2.75) is 261 Å². The molecule has 22 aliphatic rings. The van der Waals surface area contributed by atoms with Crippen molar-refractivity contribution in [3.63, 3.8) is 0 Å². The second kappa shape index (κ2) is 52.4. The van der Waals surface area contributed by atoms with Crippen LogP contribution < -0.4 is 49.0 Å². The maximum absolute atomic E-state index is 14.2. The standard InChI is InChI=1S/C81H132N12O36/c1-103-40-46-58-64(109-7)70(115-13)76(121-46)124-55-43(37-85-52(94)25-19-16-22-31-82-49-28-34-91(100)79(97)88-49)119-74(68(113-11)61(55)106-4)128-59-47(41-104-2)123-78(72(117-15)65(59)110-8)126-57-45(39-87-54(96)27-21-18-24-33-84-51-30-36-93(102)81(99)90-51)120-75(69(114-12)63(57)108-6)129-60-48(42-105-3)122-77(71(116-14)66(60)111-9)125-56-44(118-73(127-58)67(112-10)62(56)107-5)38-86-53(95)26-20-17-23-32-83-50-29-35-92(101)80(98)89-50/h28-30,34-36,43-48,55-78,100-102H,16-27,31-33,37-42H2,1-15H3,(H,85,94)(H,86,95)(H,87,96)(H,82,88,97)(H,83,89,98)(H,84,90,99)/t43-,44-,45-,46-,47-,48-,55-,56-,57-,58-,59-,60-,61+,62+,63+,64+,65+,66+,67-,68-,69-,70-,71-,72-,73-,74-,75-,76-,77-,78-/m1/s1. The van der Waals surface area contributed by atoms with Gasteiger partial charge in [-0.3, -0.25) is 14.4 Å². The molecule has 3 aromatic heterocycles. The first-order chi connectivity index (χ1) is 62.5. The number of amides is 3. The van der Waals surface area contributed by atoms with Crippen molar-refractivity contribution in [2.24, 2.45) is 0 Å². The number of nitrogens with one attached hydrogen (secondary N) is 6. The molecule has 9 N–H and O–H groups in total. The van der Waals surface area contributed by atoms with E-state index in [0.29, 0.717) is 91.6 Å². The lowest BCUT2D eigenvalue weighted by Crippen LogP contribution is -2.70. The minimum absolute atomic E-state index is 0.0717. The van der Waals surface area contributed by atoms with Crippen LogP contribution in [0, 0.1) is 0 Å². The Morgan fingerprint density at radius 2 is 0.496 bits per heavy atom. The first-order valence-electron chi connectivity index (χ1n) is 43.1. The van der Waals surface area contributed by atoms with Crippen LogP contribution in [-0.4, -0.2) is 412 Å². The number of carbonyl (C=O) groups excluding carboxylic acids is 3. The fourth-order valence-corrected chi connectivity index (χ4v) is 17.1. The molecule has 0 unspecified atom stereocenters. The number of ether oxygens (including phenoxy) is 27. The van der Waals surface area contributed by atoms with Crippen molar-refractivity contribution in [1.82, 2.24) is 45.1 Å². The molecule has 12 bridgehead atoms. The molecule has 3 aromatic rings. The van der Waals surface area contributed by atoms with Gasteiger partial charge in [0, 0.05) is 183 Å². The van der Waals surface area contributed by atoms with Gasteiger partial charge in [0.05, 0.1) is 38.4 Å². The Balaban J connectivity index is 1.01. The van der Waals surface area contributed by atoms with Gasteiger partial charge in [-0.1, -0.05) is 19.3 Å². The second-order valence-corrected chi connectivity index (χ2v) is 31.6. The molecule has 22 fully saturated rings. The predicted molar refractivity (Wildman–Crippen MR) is 443 cm³/mol. The first-order valence-corrected chi connectivity index (χ1v) is 43.1. The average Bonchev–Trinajstić information content (AvgIpc) is 0.758. The van der Waals surface area contributed by atoms with Gasteiger partial charge in [-0.2, -0.15) is 15.0 Å². The number of nitrogens with zero attached hydrogens (tertiary/aromatic N) is 6. The van der Waals surface area contributed by atoms with Crippen molar-refractivity contribution in [1.29, 1.82) is 0 Å². The van der Waals surface area contributed by atoms with E-state index < -0.39 is 201 Å². The predicted octanol–water partition coefficient (Wildman–Crippen LogP) is -1.47. The monoisotopic (exact) mass is 1850 g/mol. The zero-order chi connectivity index (χ0) is 92.8. The van der Waals surface area contributed by atoms with E-state index in [1.54, 1.807) is 0 Å². The minimum Gasteiger partial charge on any atom is -0.424 e. The van der Waals surface area contributed by atoms with E-state index in [1.807, 2.05) is 0 Å². The minimum atomic E-state index is -1.43. The third-order valence-electron chi connectivity index (χ3n) is 23.6. The third kappa shape index (κ3) is 27.1. The highest BCUT2D eigenvalue weighted by molar-refractivity contribution is 5.76. The number of unbranched alkanes of at least 4 members (excludes halogenated alkanes) is 6. The molecule has 0 radical (unpaired) electrons. The maximum Gasteiger partial charge on any atom is 0.382 e. The normalized spacial score (nSPS) is 33.8. The van der Waals surface area contributed by atoms with E-state index in [-0.39, 0.29) is 93.9 Å². The van der Waals surface area contributed by atoms with E-state index in [4.69, 9.17) is 128 Å². The molecule has 48 heteroatoms. The van der Waals surface area contributed by atoms with Crippen LogP contribution in [-0.2, 0) is 142 Å². The SMILES string of the molecule is COC[C@H]1O[C@@H]2O[C@H]3[C@H](OC)[C@@H](OC)[C@@H](O[C@H]4[C@H](OC)[C@@H](OC)[C@@H](O[C@H]5[C@H](OC)[C@@H](OC)[C@@H](O[C@H]6[C@H](OC)[C@@H](OC)[C@@H](O[C@H]7[C@H](OC)[C@@H](OC)[C@@H](O[C@H]1[C@H](OC)[C@H]2OC)O[C@@H]7CNC(=O)CCCCCNc1ccn(O)c(=O)n1)O[C@@H]6COC)O[C@@H]5CNC(=O)CCCCCNc1ccn(O)c(=O)n1)O[C@@H]4COC)O[C@@H]3CNC(=O)CCCCCNc1ccn(O)c(=O)n1. The summed E-state index contributed by atoms with van der Waals surface area (Å²) in [7, 11) is 21.6. The molecule has 30 atom stereocenters. The summed E-state index contributed by atoms with van der Waals surface area (Å²) in [5, 5.41) is 47.2. The van der Waals surface area contributed by atoms with Crippen molar-refractivity contribution < 1.29 is 158 Å². The quantitative estimate of drug-likeness (QED) is 0.0230. The van der Waals surface area contributed by atoms with Gasteiger partial charge >= 0.3 is 17.1 Å². The van der Waals surface area contributed by atoms with Crippen LogP contribution in [0.25, 0.3) is 0 Å². The van der Waals surface area contributed by atoms with Gasteiger partial charge in [-0.15, -0.1) is 14.2 Å². The van der Waals surface area contributed by atoms with Crippen LogP contribution in [0.2, 0.25) is 0 Å². The van der Waals surface area contributed by atoms with E-state index in [9.17, 15) is 44.4 Å². The molecule has 0 saturated carbocycles. The number of aromatic nitrogens is 6. The number of hydrogen-bond acceptors (Lipinski definition) is 42. The molecule has 0 aliphatic carbocycles. The van der Waals surface area contributed by atoms with E-state index in [2.05, 4.69) is 46.9 Å². The molecular weight excluding hydrogens is 1720 g/mol. The van der Waals surface area contributed by atoms with Gasteiger partial charge in [-0.05, 0) is 38.5 Å². The summed E-state index contributed by atoms with van der Waals surface area (Å²) in [4.78, 5) is 89.9. The molecule has 0 aromatic carbocycles. The largest absolute Gasteiger partial charge is 0.424 e. The highest BCUT2D eigenvalue weighted by atomic mass is 16.8. The molecule has 129 heavy (non-hydrogen) atoms. The molecule has 22 saturated heterocycles. The van der Waals surface area contributed by atoms with Crippen LogP contribution in [0.15, 0.2) is 51.2 Å². The van der Waals surface area contributed by atoms with Crippen LogP contribution in [0.5, 0.6) is 0 Å². The van der Waals surface area contributed by atoms with Gasteiger partial charge in [0.25, 0.3) is 0 Å². The van der Waals surface area contributed by atoms with Crippen molar-refractivity contribution in [2.75, 3.05) is 182 Å². The molecule has 25 rings (SSSR count). The summed E-state index contributed by atoms with van der Waals surface area (Å²) in [6.45, 7) is 0.0241. The number of rotatable bonds is 45. The van der Waals surface area contributed by atoms with Gasteiger partial charge in [0.1, 0.15) is 164 Å². The van der Waals surface area contributed by atoms with Gasteiger partial charge in [0.2, 0.25) is 17.7 Å². The number of hydrogen-bond donors (Lipinski definition) is 9. The lowest BCUT2D eigenvalue weighted by atomic mass is 9.94. The summed E-state index contributed by atoms with van der Waals surface area (Å²) in [5.74, 6) is -0.246. The molecule has 22 aliphatic heterocycles. The molecule has 25 heterocycles. The van der Waals surface area contributed by atoms with E-state index in [1.165, 1.54) is 143 Å². The smallest absolute Gasteiger partial charge is 0.382 e. The highest BCUT2D eigenvalue weighted by Crippen LogP contribution is 2.43. The van der Waals surface area contributed by atoms with Crippen molar-refractivity contribution in [3.8, 4) is 0 Å². The summed E-state index contributed by atoms with van der Waals surface area (Å²) in [5.41, 5.74) is -2.53. The van der Waals surface area contributed by atoms with Gasteiger partial charge in [-0.25, -0.2) is 14.4 Å². The van der Waals surface area contributed by atoms with E-state index >= 15 is 0 Å². The Morgan fingerprint density at radius 1 is 0.295 bits per heavy atom. The second-order valence-electron chi connectivity index (χ2n) is 31.6. The summed E-state index contributed by atoms with van der Waals surface area (Å²) in [6, 6.07) is 4.36. The Bertz CT molecular complexity index is 3630. The van der Waals surface area contributed by atoms with Gasteiger partial charge in [0.15, 0.2) is 37.7 Å². The molecule has 48 nitrogen and oxygen atoms in total. The Labute approximate surface area is 746 Å². The average molecular weight is 1850 g/mol. The molecule has 3 amide bonds.